The number of H-pyrrole nitrogens is 1. The molecule has 2 aromatic heterocycles. The van der Waals surface area contributed by atoms with Crippen molar-refractivity contribution in [2.24, 2.45) is 23.3 Å². The van der Waals surface area contributed by atoms with Crippen molar-refractivity contribution in [1.82, 2.24) is 35.8 Å². The number of likely N-dealkylation sites (N-methyl/N-ethyl adjacent to an activating group) is 1. The summed E-state index contributed by atoms with van der Waals surface area (Å²) in [4.78, 5) is 48.6. The Morgan fingerprint density at radius 1 is 0.980 bits per heavy atom. The Morgan fingerprint density at radius 2 is 1.68 bits per heavy atom. The molecule has 1 saturated heterocycles. The first-order valence-electron chi connectivity index (χ1n) is 16.9. The highest BCUT2D eigenvalue weighted by Gasteiger charge is 2.36. The Bertz CT molecular complexity index is 1760. The number of aromatic nitrogens is 5. The number of aryl methyl sites for hydroxylation is 1. The molecule has 0 bridgehead atoms. The van der Waals surface area contributed by atoms with Gasteiger partial charge in [0.05, 0.1) is 0 Å². The van der Waals surface area contributed by atoms with Gasteiger partial charge in [0.15, 0.2) is 0 Å². The standard InChI is InChI=1S/C36H44N10O3.ClH/c1-22-30(15-16-31(39-22)35(48)40-28-17-18-45(2)21-28)25-7-3-23(4-8-25)19-32(33(38)47)46(36(49)27-9-5-24(20-37)6-10-27)29-13-11-26(12-14-29)34-41-43-44-42-34;/h3-4,7-8,11-16,24,27-28,32H,5-6,9-10,17-21,37H2,1-2H3,(H2,38,47)(H,40,48)(H,41,42,43,44);1H/t24-,27-,28-,32+;/m1./s1. The van der Waals surface area contributed by atoms with E-state index >= 15 is 0 Å². The summed E-state index contributed by atoms with van der Waals surface area (Å²) in [6, 6.07) is 17.9. The predicted molar refractivity (Wildman–Crippen MR) is 193 cm³/mol. The number of aromatic amines is 1. The van der Waals surface area contributed by atoms with Gasteiger partial charge in [0, 0.05) is 47.4 Å². The van der Waals surface area contributed by atoms with Gasteiger partial charge in [-0.1, -0.05) is 30.3 Å². The van der Waals surface area contributed by atoms with Crippen LogP contribution in [-0.4, -0.2) is 87.0 Å². The first-order valence-corrected chi connectivity index (χ1v) is 16.9. The molecule has 1 saturated carbocycles. The quantitative estimate of drug-likeness (QED) is 0.182. The normalized spacial score (nSPS) is 19.7. The van der Waals surface area contributed by atoms with Crippen molar-refractivity contribution in [2.75, 3.05) is 31.6 Å². The lowest BCUT2D eigenvalue weighted by atomic mass is 9.81. The summed E-state index contributed by atoms with van der Waals surface area (Å²) in [6.07, 6.45) is 4.33. The molecular formula is C36H45ClN10O3. The number of anilines is 1. The maximum absolute atomic E-state index is 14.2. The van der Waals surface area contributed by atoms with E-state index in [2.05, 4.69) is 35.8 Å². The number of rotatable bonds is 11. The van der Waals surface area contributed by atoms with Crippen molar-refractivity contribution in [2.45, 2.75) is 57.5 Å². The minimum atomic E-state index is -0.914. The van der Waals surface area contributed by atoms with Crippen LogP contribution in [0.3, 0.4) is 0 Å². The third-order valence-electron chi connectivity index (χ3n) is 9.89. The molecule has 4 aromatic rings. The van der Waals surface area contributed by atoms with Crippen LogP contribution in [-0.2, 0) is 16.0 Å². The lowest BCUT2D eigenvalue weighted by Crippen LogP contribution is -2.52. The van der Waals surface area contributed by atoms with Gasteiger partial charge in [-0.05, 0) is 112 Å². The lowest BCUT2D eigenvalue weighted by molar-refractivity contribution is -0.127. The number of nitrogens with one attached hydrogen (secondary N) is 2. The zero-order chi connectivity index (χ0) is 34.5. The molecule has 50 heavy (non-hydrogen) atoms. The molecule has 1 aliphatic carbocycles. The molecule has 6 rings (SSSR count). The lowest BCUT2D eigenvalue weighted by Gasteiger charge is -2.35. The molecule has 0 spiro atoms. The van der Waals surface area contributed by atoms with Gasteiger partial charge in [-0.2, -0.15) is 5.21 Å². The summed E-state index contributed by atoms with van der Waals surface area (Å²) in [6.45, 7) is 4.30. The van der Waals surface area contributed by atoms with Gasteiger partial charge in [-0.15, -0.1) is 22.6 Å². The highest BCUT2D eigenvalue weighted by atomic mass is 35.5. The number of carbonyl (C=O) groups is 3. The van der Waals surface area contributed by atoms with Crippen molar-refractivity contribution in [3.63, 3.8) is 0 Å². The molecule has 3 heterocycles. The molecule has 0 radical (unpaired) electrons. The maximum Gasteiger partial charge on any atom is 0.270 e. The third kappa shape index (κ3) is 8.35. The number of likely N-dealkylation sites (tertiary alicyclic amines) is 1. The van der Waals surface area contributed by atoms with Gasteiger partial charge in [0.25, 0.3) is 5.91 Å². The number of hydrogen-bond acceptors (Lipinski definition) is 9. The van der Waals surface area contributed by atoms with E-state index in [1.165, 1.54) is 0 Å². The average Bonchev–Trinajstić information content (AvgIpc) is 3.80. The van der Waals surface area contributed by atoms with E-state index in [1.807, 2.05) is 44.3 Å². The number of nitrogens with two attached hydrogens (primary N) is 2. The summed E-state index contributed by atoms with van der Waals surface area (Å²) in [5.74, 6) is -0.273. The number of tetrazole rings is 1. The summed E-state index contributed by atoms with van der Waals surface area (Å²) < 4.78 is 0. The molecule has 14 heteroatoms. The smallest absolute Gasteiger partial charge is 0.270 e. The Kier molecular flexibility index (Phi) is 11.9. The van der Waals surface area contributed by atoms with Crippen molar-refractivity contribution in [3.05, 3.63) is 77.6 Å². The predicted octanol–water partition coefficient (Wildman–Crippen LogP) is 3.29. The number of halogens is 1. The van der Waals surface area contributed by atoms with Crippen LogP contribution in [0.4, 0.5) is 5.69 Å². The Morgan fingerprint density at radius 3 is 2.26 bits per heavy atom. The molecule has 264 valence electrons. The van der Waals surface area contributed by atoms with Crippen LogP contribution in [0.2, 0.25) is 0 Å². The molecule has 2 fully saturated rings. The van der Waals surface area contributed by atoms with E-state index in [4.69, 9.17) is 11.5 Å². The van der Waals surface area contributed by atoms with E-state index in [0.717, 1.165) is 60.3 Å². The number of carbonyl (C=O) groups excluding carboxylic acids is 3. The Balaban J connectivity index is 0.00000486. The summed E-state index contributed by atoms with van der Waals surface area (Å²) in [5, 5.41) is 17.2. The van der Waals surface area contributed by atoms with E-state index in [1.54, 1.807) is 35.2 Å². The van der Waals surface area contributed by atoms with Crippen molar-refractivity contribution < 1.29 is 14.4 Å². The number of nitrogens with zero attached hydrogens (tertiary/aromatic N) is 6. The Labute approximate surface area is 298 Å². The summed E-state index contributed by atoms with van der Waals surface area (Å²) in [5.41, 5.74) is 17.1. The fraction of sp³-hybridized carbons (Fsp3) is 0.417. The fourth-order valence-electron chi connectivity index (χ4n) is 7.03. The highest BCUT2D eigenvalue weighted by Crippen LogP contribution is 2.33. The van der Waals surface area contributed by atoms with E-state index in [0.29, 0.717) is 42.5 Å². The van der Waals surface area contributed by atoms with Gasteiger partial charge in [-0.3, -0.25) is 19.3 Å². The second-order valence-corrected chi connectivity index (χ2v) is 13.3. The van der Waals surface area contributed by atoms with Gasteiger partial charge in [0.1, 0.15) is 11.7 Å². The number of hydrogen-bond donors (Lipinski definition) is 4. The van der Waals surface area contributed by atoms with Crippen LogP contribution in [0.25, 0.3) is 22.5 Å². The maximum atomic E-state index is 14.2. The molecule has 3 amide bonds. The first-order chi connectivity index (χ1) is 23.7. The largest absolute Gasteiger partial charge is 0.368 e. The topological polar surface area (TPSA) is 189 Å². The van der Waals surface area contributed by atoms with E-state index in [-0.39, 0.29) is 42.6 Å². The van der Waals surface area contributed by atoms with Crippen molar-refractivity contribution >= 4 is 35.8 Å². The first kappa shape index (κ1) is 36.6. The fourth-order valence-corrected chi connectivity index (χ4v) is 7.03. The van der Waals surface area contributed by atoms with Crippen LogP contribution in [0, 0.1) is 18.8 Å². The van der Waals surface area contributed by atoms with Crippen LogP contribution >= 0.6 is 12.4 Å². The molecule has 2 atom stereocenters. The monoisotopic (exact) mass is 700 g/mol. The van der Waals surface area contributed by atoms with Gasteiger partial charge in [-0.25, -0.2) is 4.98 Å². The summed E-state index contributed by atoms with van der Waals surface area (Å²) in [7, 11) is 2.05. The van der Waals surface area contributed by atoms with Crippen LogP contribution in [0.15, 0.2) is 60.7 Å². The SMILES string of the molecule is Cc1nc(C(=O)N[C@@H]2CCN(C)C2)ccc1-c1ccc(C[C@@H](C(N)=O)N(c2ccc(-c3nn[nH]n3)cc2)C(=O)[C@H]2CC[C@H](CN)CC2)cc1.Cl. The average molecular weight is 701 g/mol. The minimum absolute atomic E-state index is 0. The van der Waals surface area contributed by atoms with Gasteiger partial charge < -0.3 is 21.7 Å². The van der Waals surface area contributed by atoms with E-state index in [9.17, 15) is 14.4 Å². The van der Waals surface area contributed by atoms with Crippen LogP contribution in [0.1, 0.15) is 53.8 Å². The van der Waals surface area contributed by atoms with Crippen LogP contribution < -0.4 is 21.7 Å². The minimum Gasteiger partial charge on any atom is -0.368 e. The van der Waals surface area contributed by atoms with Crippen molar-refractivity contribution in [3.8, 4) is 22.5 Å². The Hall–Kier alpha value is -4.72. The number of benzene rings is 2. The second-order valence-electron chi connectivity index (χ2n) is 13.3. The molecule has 1 aliphatic heterocycles. The molecule has 2 aromatic carbocycles. The third-order valence-corrected chi connectivity index (χ3v) is 9.89. The number of amides is 3. The molecule has 13 nitrogen and oxygen atoms in total. The molecule has 0 unspecified atom stereocenters. The van der Waals surface area contributed by atoms with Gasteiger partial charge >= 0.3 is 0 Å². The number of primary amides is 1. The van der Waals surface area contributed by atoms with E-state index < -0.39 is 11.9 Å². The molecule has 6 N–H and O–H groups in total. The molecule has 2 aliphatic rings. The van der Waals surface area contributed by atoms with Gasteiger partial charge in [0.2, 0.25) is 17.6 Å². The number of pyridine rings is 1. The molecular weight excluding hydrogens is 656 g/mol. The highest BCUT2D eigenvalue weighted by molar-refractivity contribution is 6.02. The van der Waals surface area contributed by atoms with Crippen molar-refractivity contribution in [1.29, 1.82) is 0 Å². The van der Waals surface area contributed by atoms with Crippen LogP contribution in [0.5, 0.6) is 0 Å². The summed E-state index contributed by atoms with van der Waals surface area (Å²) >= 11 is 0. The second kappa shape index (κ2) is 16.3. The zero-order valence-corrected chi connectivity index (χ0v) is 29.2. The zero-order valence-electron chi connectivity index (χ0n) is 28.4.